The number of rotatable bonds is 5. The number of nitriles is 1. The first-order chi connectivity index (χ1) is 11.9. The molecule has 0 aliphatic carbocycles. The third kappa shape index (κ3) is 4.67. The quantitative estimate of drug-likeness (QED) is 0.669. The minimum atomic E-state index is -0.932. The maximum absolute atomic E-state index is 12.3. The van der Waals surface area contributed by atoms with E-state index in [2.05, 4.69) is 11.4 Å². The zero-order chi connectivity index (χ0) is 18.4. The highest BCUT2D eigenvalue weighted by molar-refractivity contribution is 6.05. The van der Waals surface area contributed by atoms with Crippen molar-refractivity contribution in [3.8, 4) is 6.07 Å². The highest BCUT2D eigenvalue weighted by Gasteiger charge is 2.24. The van der Waals surface area contributed by atoms with Crippen LogP contribution < -0.4 is 5.32 Å². The van der Waals surface area contributed by atoms with E-state index in [1.807, 2.05) is 44.2 Å². The molecule has 1 unspecified atom stereocenters. The Kier molecular flexibility index (Phi) is 5.91. The van der Waals surface area contributed by atoms with E-state index >= 15 is 0 Å². The number of anilines is 1. The fraction of sp³-hybridized carbons (Fsp3) is 0.250. The van der Waals surface area contributed by atoms with Crippen LogP contribution in [0.25, 0.3) is 0 Å². The van der Waals surface area contributed by atoms with Crippen molar-refractivity contribution in [2.45, 2.75) is 27.4 Å². The predicted molar refractivity (Wildman–Crippen MR) is 94.7 cm³/mol. The molecule has 1 N–H and O–H groups in total. The van der Waals surface area contributed by atoms with Gasteiger partial charge in [0.25, 0.3) is 0 Å². The van der Waals surface area contributed by atoms with Crippen molar-refractivity contribution >= 4 is 17.6 Å². The normalized spacial score (nSPS) is 11.3. The van der Waals surface area contributed by atoms with Gasteiger partial charge in [0.1, 0.15) is 12.5 Å². The third-order valence-electron chi connectivity index (χ3n) is 3.88. The SMILES string of the molecule is Cc1cc(C#N)cc(C)c1NC(=O)C(C)C(=O)OCc1ccccc1. The van der Waals surface area contributed by atoms with Gasteiger partial charge in [-0.2, -0.15) is 5.26 Å². The molecule has 0 aliphatic rings. The van der Waals surface area contributed by atoms with Crippen molar-refractivity contribution in [3.05, 3.63) is 64.7 Å². The molecule has 0 spiro atoms. The van der Waals surface area contributed by atoms with E-state index in [9.17, 15) is 9.59 Å². The lowest BCUT2D eigenvalue weighted by Gasteiger charge is -2.15. The highest BCUT2D eigenvalue weighted by atomic mass is 16.5. The van der Waals surface area contributed by atoms with E-state index in [-0.39, 0.29) is 6.61 Å². The monoisotopic (exact) mass is 336 g/mol. The Labute approximate surface area is 147 Å². The molecule has 0 heterocycles. The van der Waals surface area contributed by atoms with Crippen LogP contribution in [0.4, 0.5) is 5.69 Å². The Balaban J connectivity index is 2.00. The van der Waals surface area contributed by atoms with E-state index in [4.69, 9.17) is 10.00 Å². The maximum atomic E-state index is 12.3. The Morgan fingerprint density at radius 2 is 1.76 bits per heavy atom. The lowest BCUT2D eigenvalue weighted by Crippen LogP contribution is -2.29. The van der Waals surface area contributed by atoms with Gasteiger partial charge in [0.05, 0.1) is 11.6 Å². The van der Waals surface area contributed by atoms with Crippen LogP contribution in [0.3, 0.4) is 0 Å². The number of amides is 1. The summed E-state index contributed by atoms with van der Waals surface area (Å²) >= 11 is 0. The fourth-order valence-electron chi connectivity index (χ4n) is 2.42. The van der Waals surface area contributed by atoms with Crippen molar-refractivity contribution in [1.82, 2.24) is 0 Å². The molecule has 1 atom stereocenters. The fourth-order valence-corrected chi connectivity index (χ4v) is 2.42. The van der Waals surface area contributed by atoms with Crippen LogP contribution in [0.15, 0.2) is 42.5 Å². The van der Waals surface area contributed by atoms with Crippen LogP contribution in [-0.2, 0) is 20.9 Å². The lowest BCUT2D eigenvalue weighted by molar-refractivity contribution is -0.151. The molecule has 2 aromatic carbocycles. The molecule has 0 aliphatic heterocycles. The highest BCUT2D eigenvalue weighted by Crippen LogP contribution is 2.22. The van der Waals surface area contributed by atoms with Gasteiger partial charge in [0.2, 0.25) is 5.91 Å². The van der Waals surface area contributed by atoms with Gasteiger partial charge < -0.3 is 10.1 Å². The minimum absolute atomic E-state index is 0.131. The van der Waals surface area contributed by atoms with Crippen molar-refractivity contribution in [3.63, 3.8) is 0 Å². The van der Waals surface area contributed by atoms with E-state index in [1.165, 1.54) is 6.92 Å². The van der Waals surface area contributed by atoms with Crippen LogP contribution in [-0.4, -0.2) is 11.9 Å². The summed E-state index contributed by atoms with van der Waals surface area (Å²) in [6.07, 6.45) is 0. The van der Waals surface area contributed by atoms with Gasteiger partial charge in [0, 0.05) is 5.69 Å². The van der Waals surface area contributed by atoms with Crippen LogP contribution in [0.5, 0.6) is 0 Å². The second-order valence-corrected chi connectivity index (χ2v) is 5.90. The first-order valence-corrected chi connectivity index (χ1v) is 7.95. The maximum Gasteiger partial charge on any atom is 0.318 e. The van der Waals surface area contributed by atoms with Gasteiger partial charge >= 0.3 is 5.97 Å². The van der Waals surface area contributed by atoms with Crippen LogP contribution in [0.2, 0.25) is 0 Å². The molecular formula is C20H20N2O3. The van der Waals surface area contributed by atoms with Crippen molar-refractivity contribution in [2.24, 2.45) is 5.92 Å². The number of nitrogens with one attached hydrogen (secondary N) is 1. The summed E-state index contributed by atoms with van der Waals surface area (Å²) in [5.41, 5.74) is 3.56. The number of aryl methyl sites for hydroxylation is 2. The first kappa shape index (κ1) is 18.2. The summed E-state index contributed by atoms with van der Waals surface area (Å²) in [7, 11) is 0. The molecule has 5 nitrogen and oxygen atoms in total. The van der Waals surface area contributed by atoms with Crippen molar-refractivity contribution in [2.75, 3.05) is 5.32 Å². The van der Waals surface area contributed by atoms with Crippen molar-refractivity contribution in [1.29, 1.82) is 5.26 Å². The smallest absolute Gasteiger partial charge is 0.318 e. The summed E-state index contributed by atoms with van der Waals surface area (Å²) in [4.78, 5) is 24.4. The minimum Gasteiger partial charge on any atom is -0.460 e. The molecule has 0 aromatic heterocycles. The summed E-state index contributed by atoms with van der Waals surface area (Å²) < 4.78 is 5.20. The molecule has 128 valence electrons. The van der Waals surface area contributed by atoms with Crippen LogP contribution >= 0.6 is 0 Å². The van der Waals surface area contributed by atoms with Crippen molar-refractivity contribution < 1.29 is 14.3 Å². The molecule has 1 amide bonds. The second-order valence-electron chi connectivity index (χ2n) is 5.90. The Bertz CT molecular complexity index is 800. The largest absolute Gasteiger partial charge is 0.460 e. The number of carbonyl (C=O) groups excluding carboxylic acids is 2. The molecule has 25 heavy (non-hydrogen) atoms. The molecule has 0 radical (unpaired) electrons. The van der Waals surface area contributed by atoms with Crippen LogP contribution in [0.1, 0.15) is 29.2 Å². The van der Waals surface area contributed by atoms with E-state index < -0.39 is 17.8 Å². The number of carbonyl (C=O) groups is 2. The van der Waals surface area contributed by atoms with Gasteiger partial charge in [-0.25, -0.2) is 0 Å². The number of benzene rings is 2. The summed E-state index contributed by atoms with van der Waals surface area (Å²) in [6.45, 7) is 5.26. The van der Waals surface area contributed by atoms with E-state index in [0.29, 0.717) is 11.3 Å². The predicted octanol–water partition coefficient (Wildman–Crippen LogP) is 3.49. The summed E-state index contributed by atoms with van der Waals surface area (Å²) in [5.74, 6) is -1.95. The average Bonchev–Trinajstić information content (AvgIpc) is 2.62. The lowest BCUT2D eigenvalue weighted by atomic mass is 10.0. The Morgan fingerprint density at radius 3 is 2.32 bits per heavy atom. The number of hydrogen-bond acceptors (Lipinski definition) is 4. The molecule has 0 fully saturated rings. The van der Waals surface area contributed by atoms with Crippen LogP contribution in [0, 0.1) is 31.1 Å². The molecule has 5 heteroatoms. The standard InChI is InChI=1S/C20H20N2O3/c1-13-9-17(11-21)10-14(2)18(13)22-19(23)15(3)20(24)25-12-16-7-5-4-6-8-16/h4-10,15H,12H2,1-3H3,(H,22,23). The number of ether oxygens (including phenoxy) is 1. The van der Waals surface area contributed by atoms with Gasteiger partial charge in [-0.1, -0.05) is 30.3 Å². The zero-order valence-corrected chi connectivity index (χ0v) is 14.5. The number of nitrogens with zero attached hydrogens (tertiary/aromatic N) is 1. The topological polar surface area (TPSA) is 79.2 Å². The average molecular weight is 336 g/mol. The van der Waals surface area contributed by atoms with E-state index in [1.54, 1.807) is 12.1 Å². The molecule has 0 saturated heterocycles. The third-order valence-corrected chi connectivity index (χ3v) is 3.88. The summed E-state index contributed by atoms with van der Waals surface area (Å²) in [6, 6.07) is 14.8. The molecule has 2 aromatic rings. The Hall–Kier alpha value is -3.13. The number of esters is 1. The second kappa shape index (κ2) is 8.11. The Morgan fingerprint density at radius 1 is 1.16 bits per heavy atom. The zero-order valence-electron chi connectivity index (χ0n) is 14.5. The molecule has 0 saturated carbocycles. The van der Waals surface area contributed by atoms with Gasteiger partial charge in [-0.05, 0) is 49.6 Å². The van der Waals surface area contributed by atoms with Gasteiger partial charge in [-0.3, -0.25) is 9.59 Å². The number of hydrogen-bond donors (Lipinski definition) is 1. The molecule has 2 rings (SSSR count). The van der Waals surface area contributed by atoms with E-state index in [0.717, 1.165) is 16.7 Å². The summed E-state index contributed by atoms with van der Waals surface area (Å²) in [5, 5.41) is 11.7. The molecular weight excluding hydrogens is 316 g/mol. The first-order valence-electron chi connectivity index (χ1n) is 7.95. The van der Waals surface area contributed by atoms with Gasteiger partial charge in [-0.15, -0.1) is 0 Å². The molecule has 0 bridgehead atoms. The van der Waals surface area contributed by atoms with Gasteiger partial charge in [0.15, 0.2) is 0 Å².